The average Bonchev–Trinajstić information content (AvgIpc) is 3.09. The smallest absolute Gasteiger partial charge is 0.248 e. The van der Waals surface area contributed by atoms with Gasteiger partial charge in [0.05, 0.1) is 5.69 Å². The molecule has 1 amide bonds. The van der Waals surface area contributed by atoms with Crippen LogP contribution in [0.1, 0.15) is 5.56 Å². The molecule has 2 aromatic carbocycles. The minimum atomic E-state index is -0.181. The van der Waals surface area contributed by atoms with Crippen LogP contribution in [-0.2, 0) is 4.79 Å². The van der Waals surface area contributed by atoms with Crippen molar-refractivity contribution < 1.29 is 4.79 Å². The van der Waals surface area contributed by atoms with Gasteiger partial charge in [0.15, 0.2) is 0 Å². The lowest BCUT2D eigenvalue weighted by atomic mass is 10.2. The molecule has 0 radical (unpaired) electrons. The maximum absolute atomic E-state index is 11.9. The SMILES string of the molecule is O=C(/C=C/c1ccccc1)Nc1ccc(-n2cnnn2)cc1. The van der Waals surface area contributed by atoms with E-state index in [9.17, 15) is 4.79 Å². The van der Waals surface area contributed by atoms with Crippen molar-refractivity contribution in [2.75, 3.05) is 5.32 Å². The van der Waals surface area contributed by atoms with Gasteiger partial charge in [0.1, 0.15) is 6.33 Å². The van der Waals surface area contributed by atoms with E-state index >= 15 is 0 Å². The van der Waals surface area contributed by atoms with E-state index in [1.807, 2.05) is 42.5 Å². The highest BCUT2D eigenvalue weighted by Gasteiger charge is 2.00. The molecule has 0 saturated carbocycles. The molecule has 0 aliphatic heterocycles. The van der Waals surface area contributed by atoms with Crippen LogP contribution in [0.25, 0.3) is 11.8 Å². The summed E-state index contributed by atoms with van der Waals surface area (Å²) in [4.78, 5) is 11.9. The summed E-state index contributed by atoms with van der Waals surface area (Å²) >= 11 is 0. The first kappa shape index (κ1) is 13.7. The molecular formula is C16H13N5O. The molecule has 108 valence electrons. The maximum atomic E-state index is 11.9. The maximum Gasteiger partial charge on any atom is 0.248 e. The van der Waals surface area contributed by atoms with Crippen LogP contribution in [0, 0.1) is 0 Å². The zero-order valence-corrected chi connectivity index (χ0v) is 11.6. The van der Waals surface area contributed by atoms with Crippen LogP contribution in [0.3, 0.4) is 0 Å². The highest BCUT2D eigenvalue weighted by molar-refractivity contribution is 6.01. The number of anilines is 1. The number of carbonyl (C=O) groups excluding carboxylic acids is 1. The van der Waals surface area contributed by atoms with Gasteiger partial charge in [-0.25, -0.2) is 4.68 Å². The quantitative estimate of drug-likeness (QED) is 0.749. The van der Waals surface area contributed by atoms with Crippen LogP contribution in [0.4, 0.5) is 5.69 Å². The Morgan fingerprint density at radius 3 is 2.50 bits per heavy atom. The number of rotatable bonds is 4. The Labute approximate surface area is 127 Å². The molecule has 6 heteroatoms. The summed E-state index contributed by atoms with van der Waals surface area (Å²) in [6.45, 7) is 0. The topological polar surface area (TPSA) is 72.7 Å². The molecule has 0 bridgehead atoms. The molecule has 22 heavy (non-hydrogen) atoms. The van der Waals surface area contributed by atoms with Crippen LogP contribution in [0.5, 0.6) is 0 Å². The number of carbonyl (C=O) groups is 1. The second-order valence-corrected chi connectivity index (χ2v) is 4.53. The number of benzene rings is 2. The number of aromatic nitrogens is 4. The van der Waals surface area contributed by atoms with Crippen LogP contribution in [0.2, 0.25) is 0 Å². The first-order valence-electron chi connectivity index (χ1n) is 6.69. The van der Waals surface area contributed by atoms with Crippen molar-refractivity contribution in [3.63, 3.8) is 0 Å². The van der Waals surface area contributed by atoms with Crippen molar-refractivity contribution in [1.29, 1.82) is 0 Å². The minimum absolute atomic E-state index is 0.181. The summed E-state index contributed by atoms with van der Waals surface area (Å²) in [6, 6.07) is 16.9. The van der Waals surface area contributed by atoms with Gasteiger partial charge in [-0.3, -0.25) is 4.79 Å². The molecular weight excluding hydrogens is 278 g/mol. The van der Waals surface area contributed by atoms with E-state index < -0.39 is 0 Å². The molecule has 1 N–H and O–H groups in total. The van der Waals surface area contributed by atoms with Gasteiger partial charge in [0.25, 0.3) is 0 Å². The normalized spacial score (nSPS) is 10.7. The van der Waals surface area contributed by atoms with E-state index in [4.69, 9.17) is 0 Å². The fraction of sp³-hybridized carbons (Fsp3) is 0. The number of hydrogen-bond donors (Lipinski definition) is 1. The second kappa shape index (κ2) is 6.45. The van der Waals surface area contributed by atoms with E-state index in [1.165, 1.54) is 12.4 Å². The molecule has 3 rings (SSSR count). The summed E-state index contributed by atoms with van der Waals surface area (Å²) in [6.07, 6.45) is 4.78. The van der Waals surface area contributed by atoms with E-state index in [2.05, 4.69) is 20.8 Å². The lowest BCUT2D eigenvalue weighted by molar-refractivity contribution is -0.111. The molecule has 1 aromatic heterocycles. The number of tetrazole rings is 1. The summed E-state index contributed by atoms with van der Waals surface area (Å²) in [5.41, 5.74) is 2.51. The minimum Gasteiger partial charge on any atom is -0.323 e. The van der Waals surface area contributed by atoms with Crippen molar-refractivity contribution in [3.8, 4) is 5.69 Å². The molecule has 0 fully saturated rings. The number of hydrogen-bond acceptors (Lipinski definition) is 4. The molecule has 0 unspecified atom stereocenters. The lowest BCUT2D eigenvalue weighted by Gasteiger charge is -2.04. The van der Waals surface area contributed by atoms with Crippen LogP contribution in [0.15, 0.2) is 67.0 Å². The number of nitrogens with zero attached hydrogens (tertiary/aromatic N) is 4. The third-order valence-electron chi connectivity index (χ3n) is 2.98. The second-order valence-electron chi connectivity index (χ2n) is 4.53. The van der Waals surface area contributed by atoms with Gasteiger partial charge in [0, 0.05) is 11.8 Å². The molecule has 1 heterocycles. The van der Waals surface area contributed by atoms with E-state index in [-0.39, 0.29) is 5.91 Å². The fourth-order valence-electron chi connectivity index (χ4n) is 1.90. The largest absolute Gasteiger partial charge is 0.323 e. The third kappa shape index (κ3) is 3.43. The molecule has 0 aliphatic rings. The van der Waals surface area contributed by atoms with Crippen LogP contribution in [-0.4, -0.2) is 26.1 Å². The highest BCUT2D eigenvalue weighted by Crippen LogP contribution is 2.12. The molecule has 0 spiro atoms. The molecule has 6 nitrogen and oxygen atoms in total. The van der Waals surface area contributed by atoms with Gasteiger partial charge in [-0.15, -0.1) is 5.10 Å². The molecule has 0 saturated heterocycles. The zero-order valence-electron chi connectivity index (χ0n) is 11.6. The van der Waals surface area contributed by atoms with Crippen molar-refractivity contribution in [2.24, 2.45) is 0 Å². The Balaban J connectivity index is 1.63. The van der Waals surface area contributed by atoms with E-state index in [0.717, 1.165) is 11.3 Å². The third-order valence-corrected chi connectivity index (χ3v) is 2.98. The van der Waals surface area contributed by atoms with Crippen molar-refractivity contribution >= 4 is 17.7 Å². The average molecular weight is 291 g/mol. The summed E-state index contributed by atoms with van der Waals surface area (Å²) < 4.78 is 1.54. The Bertz CT molecular complexity index is 764. The Hall–Kier alpha value is -3.28. The molecule has 0 aliphatic carbocycles. The Morgan fingerprint density at radius 1 is 1.05 bits per heavy atom. The van der Waals surface area contributed by atoms with Crippen LogP contribution < -0.4 is 5.32 Å². The summed E-state index contributed by atoms with van der Waals surface area (Å²) in [5.74, 6) is -0.181. The number of amides is 1. The molecule has 0 atom stereocenters. The van der Waals surface area contributed by atoms with Gasteiger partial charge < -0.3 is 5.32 Å². The summed E-state index contributed by atoms with van der Waals surface area (Å²) in [5, 5.41) is 13.7. The van der Waals surface area contributed by atoms with E-state index in [0.29, 0.717) is 5.69 Å². The van der Waals surface area contributed by atoms with Gasteiger partial charge in [0.2, 0.25) is 5.91 Å². The highest BCUT2D eigenvalue weighted by atomic mass is 16.1. The number of nitrogens with one attached hydrogen (secondary N) is 1. The van der Waals surface area contributed by atoms with Gasteiger partial charge in [-0.1, -0.05) is 30.3 Å². The van der Waals surface area contributed by atoms with Gasteiger partial charge >= 0.3 is 0 Å². The Morgan fingerprint density at radius 2 is 1.82 bits per heavy atom. The summed E-state index contributed by atoms with van der Waals surface area (Å²) in [7, 11) is 0. The van der Waals surface area contributed by atoms with Crippen molar-refractivity contribution in [3.05, 3.63) is 72.6 Å². The first-order chi connectivity index (χ1) is 10.8. The van der Waals surface area contributed by atoms with Gasteiger partial charge in [-0.2, -0.15) is 0 Å². The predicted molar refractivity (Wildman–Crippen MR) is 83.3 cm³/mol. The molecule has 3 aromatic rings. The fourth-order valence-corrected chi connectivity index (χ4v) is 1.90. The Kier molecular flexibility index (Phi) is 4.01. The van der Waals surface area contributed by atoms with Crippen molar-refractivity contribution in [2.45, 2.75) is 0 Å². The van der Waals surface area contributed by atoms with E-state index in [1.54, 1.807) is 22.9 Å². The van der Waals surface area contributed by atoms with Gasteiger partial charge in [-0.05, 0) is 46.3 Å². The monoisotopic (exact) mass is 291 g/mol. The first-order valence-corrected chi connectivity index (χ1v) is 6.69. The van der Waals surface area contributed by atoms with Crippen LogP contribution >= 0.6 is 0 Å². The lowest BCUT2D eigenvalue weighted by Crippen LogP contribution is -2.07. The standard InChI is InChI=1S/C16H13N5O/c22-16(11-6-13-4-2-1-3-5-13)18-14-7-9-15(10-8-14)21-12-17-19-20-21/h1-12H,(H,18,22)/b11-6+. The van der Waals surface area contributed by atoms with Crippen molar-refractivity contribution in [1.82, 2.24) is 20.2 Å². The predicted octanol–water partition coefficient (Wildman–Crippen LogP) is 2.31. The zero-order chi connectivity index (χ0) is 15.2.